The van der Waals surface area contributed by atoms with Crippen LogP contribution in [0.2, 0.25) is 0 Å². The van der Waals surface area contributed by atoms with Crippen molar-refractivity contribution in [2.45, 2.75) is 32.6 Å². The molecule has 1 aliphatic carbocycles. The highest BCUT2D eigenvalue weighted by atomic mass is 19.3. The number of carbonyl (C=O) groups is 2. The van der Waals surface area contributed by atoms with E-state index in [1.165, 1.54) is 0 Å². The SMILES string of the molecule is CCC1CC(C(=O)O)C(C(=O)N(CCO)CC(F)F)C1. The standard InChI is InChI=1S/C13H21F2NO4/c1-2-8-5-9(10(6-8)13(19)20)12(18)16(3-4-17)7-11(14)15/h8-11,17H,2-7H2,1H3,(H,19,20). The van der Waals surface area contributed by atoms with Gasteiger partial charge < -0.3 is 15.1 Å². The van der Waals surface area contributed by atoms with Crippen molar-refractivity contribution in [1.29, 1.82) is 0 Å². The van der Waals surface area contributed by atoms with Gasteiger partial charge in [-0.05, 0) is 18.8 Å². The number of carboxylic acid groups (broad SMARTS) is 1. The molecule has 3 unspecified atom stereocenters. The molecule has 0 radical (unpaired) electrons. The summed E-state index contributed by atoms with van der Waals surface area (Å²) in [7, 11) is 0. The Hall–Kier alpha value is -1.24. The molecule has 0 saturated heterocycles. The number of carboxylic acids is 1. The van der Waals surface area contributed by atoms with Gasteiger partial charge in [-0.3, -0.25) is 9.59 Å². The first kappa shape index (κ1) is 16.8. The van der Waals surface area contributed by atoms with Crippen LogP contribution in [0.3, 0.4) is 0 Å². The van der Waals surface area contributed by atoms with Crippen LogP contribution in [0.4, 0.5) is 8.78 Å². The van der Waals surface area contributed by atoms with E-state index in [0.29, 0.717) is 12.8 Å². The maximum Gasteiger partial charge on any atom is 0.307 e. The number of alkyl halides is 2. The molecule has 20 heavy (non-hydrogen) atoms. The average Bonchev–Trinajstić information content (AvgIpc) is 2.81. The molecule has 0 bridgehead atoms. The first-order chi connectivity index (χ1) is 9.40. The average molecular weight is 293 g/mol. The van der Waals surface area contributed by atoms with Crippen LogP contribution < -0.4 is 0 Å². The minimum atomic E-state index is -2.70. The summed E-state index contributed by atoms with van der Waals surface area (Å²) >= 11 is 0. The maximum absolute atomic E-state index is 12.5. The van der Waals surface area contributed by atoms with E-state index in [-0.39, 0.29) is 12.5 Å². The highest BCUT2D eigenvalue weighted by molar-refractivity contribution is 5.85. The van der Waals surface area contributed by atoms with Gasteiger partial charge >= 0.3 is 5.97 Å². The summed E-state index contributed by atoms with van der Waals surface area (Å²) in [5.41, 5.74) is 0. The number of hydrogen-bond acceptors (Lipinski definition) is 3. The first-order valence-corrected chi connectivity index (χ1v) is 6.81. The minimum Gasteiger partial charge on any atom is -0.481 e. The van der Waals surface area contributed by atoms with E-state index in [0.717, 1.165) is 11.3 Å². The van der Waals surface area contributed by atoms with Crippen molar-refractivity contribution in [2.75, 3.05) is 19.7 Å². The van der Waals surface area contributed by atoms with Crippen molar-refractivity contribution in [1.82, 2.24) is 4.90 Å². The van der Waals surface area contributed by atoms with Gasteiger partial charge in [0.15, 0.2) is 0 Å². The fourth-order valence-corrected chi connectivity index (χ4v) is 2.84. The molecule has 0 aliphatic heterocycles. The van der Waals surface area contributed by atoms with E-state index in [1.54, 1.807) is 0 Å². The number of carbonyl (C=O) groups excluding carboxylic acids is 1. The fraction of sp³-hybridized carbons (Fsp3) is 0.846. The van der Waals surface area contributed by atoms with Crippen LogP contribution in [0.15, 0.2) is 0 Å². The number of halogens is 2. The maximum atomic E-state index is 12.5. The lowest BCUT2D eigenvalue weighted by Crippen LogP contribution is -2.43. The zero-order chi connectivity index (χ0) is 15.3. The monoisotopic (exact) mass is 293 g/mol. The van der Waals surface area contributed by atoms with Crippen LogP contribution >= 0.6 is 0 Å². The number of rotatable bonds is 7. The van der Waals surface area contributed by atoms with E-state index in [2.05, 4.69) is 0 Å². The largest absolute Gasteiger partial charge is 0.481 e. The van der Waals surface area contributed by atoms with Gasteiger partial charge in [-0.25, -0.2) is 8.78 Å². The summed E-state index contributed by atoms with van der Waals surface area (Å²) in [5, 5.41) is 18.0. The molecule has 1 saturated carbocycles. The Morgan fingerprint density at radius 1 is 1.30 bits per heavy atom. The normalized spacial score (nSPS) is 25.9. The molecule has 0 aromatic carbocycles. The molecule has 5 nitrogen and oxygen atoms in total. The molecular weight excluding hydrogens is 272 g/mol. The lowest BCUT2D eigenvalue weighted by Gasteiger charge is -2.26. The molecule has 1 amide bonds. The molecule has 1 rings (SSSR count). The Balaban J connectivity index is 2.82. The van der Waals surface area contributed by atoms with Crippen LogP contribution in [0.25, 0.3) is 0 Å². The molecule has 0 spiro atoms. The topological polar surface area (TPSA) is 77.8 Å². The fourth-order valence-electron chi connectivity index (χ4n) is 2.84. The number of amides is 1. The number of hydrogen-bond donors (Lipinski definition) is 2. The Kier molecular flexibility index (Phi) is 6.32. The van der Waals surface area contributed by atoms with Crippen molar-refractivity contribution in [2.24, 2.45) is 17.8 Å². The third-order valence-corrected chi connectivity index (χ3v) is 3.91. The van der Waals surface area contributed by atoms with Gasteiger partial charge in [0.2, 0.25) is 5.91 Å². The molecule has 7 heteroatoms. The second-order valence-corrected chi connectivity index (χ2v) is 5.20. The van der Waals surface area contributed by atoms with Crippen molar-refractivity contribution >= 4 is 11.9 Å². The highest BCUT2D eigenvalue weighted by Crippen LogP contribution is 2.39. The molecule has 116 valence electrons. The minimum absolute atomic E-state index is 0.132. The van der Waals surface area contributed by atoms with Gasteiger partial charge in [-0.15, -0.1) is 0 Å². The Labute approximate surface area is 116 Å². The summed E-state index contributed by atoms with van der Waals surface area (Å²) in [5.74, 6) is -3.08. The summed E-state index contributed by atoms with van der Waals surface area (Å²) < 4.78 is 24.9. The smallest absolute Gasteiger partial charge is 0.307 e. The van der Waals surface area contributed by atoms with Gasteiger partial charge in [-0.2, -0.15) is 0 Å². The third kappa shape index (κ3) is 4.13. The Morgan fingerprint density at radius 3 is 2.35 bits per heavy atom. The van der Waals surface area contributed by atoms with Crippen molar-refractivity contribution in [3.63, 3.8) is 0 Å². The number of aliphatic hydroxyl groups excluding tert-OH is 1. The molecule has 2 N–H and O–H groups in total. The second kappa shape index (κ2) is 7.52. The highest BCUT2D eigenvalue weighted by Gasteiger charge is 2.43. The van der Waals surface area contributed by atoms with Gasteiger partial charge in [0.1, 0.15) is 0 Å². The lowest BCUT2D eigenvalue weighted by atomic mass is 9.94. The number of nitrogens with zero attached hydrogens (tertiary/aromatic N) is 1. The van der Waals surface area contributed by atoms with Crippen molar-refractivity contribution in [3.05, 3.63) is 0 Å². The van der Waals surface area contributed by atoms with E-state index >= 15 is 0 Å². The quantitative estimate of drug-likeness (QED) is 0.739. The van der Waals surface area contributed by atoms with Crippen LogP contribution in [-0.2, 0) is 9.59 Å². The summed E-state index contributed by atoms with van der Waals surface area (Å²) in [4.78, 5) is 24.4. The Morgan fingerprint density at radius 2 is 1.90 bits per heavy atom. The molecule has 1 aliphatic rings. The summed E-state index contributed by atoms with van der Waals surface area (Å²) in [6, 6.07) is 0. The molecule has 0 heterocycles. The van der Waals surface area contributed by atoms with Crippen molar-refractivity contribution in [3.8, 4) is 0 Å². The molecule has 1 fully saturated rings. The van der Waals surface area contributed by atoms with E-state index in [4.69, 9.17) is 5.11 Å². The van der Waals surface area contributed by atoms with E-state index < -0.39 is 43.3 Å². The summed E-state index contributed by atoms with van der Waals surface area (Å²) in [6.45, 7) is 0.545. The zero-order valence-electron chi connectivity index (χ0n) is 11.5. The van der Waals surface area contributed by atoms with Gasteiger partial charge in [0, 0.05) is 6.54 Å². The number of aliphatic carboxylic acids is 1. The van der Waals surface area contributed by atoms with E-state index in [1.807, 2.05) is 6.92 Å². The second-order valence-electron chi connectivity index (χ2n) is 5.20. The predicted octanol–water partition coefficient (Wildman–Crippen LogP) is 1.21. The molecular formula is C13H21F2NO4. The van der Waals surface area contributed by atoms with Gasteiger partial charge in [0.25, 0.3) is 6.43 Å². The summed E-state index contributed by atoms with van der Waals surface area (Å²) in [6.07, 6.45) is -1.11. The van der Waals surface area contributed by atoms with E-state index in [9.17, 15) is 23.5 Å². The van der Waals surface area contributed by atoms with Crippen molar-refractivity contribution < 1.29 is 28.6 Å². The predicted molar refractivity (Wildman–Crippen MR) is 67.3 cm³/mol. The van der Waals surface area contributed by atoms with Crippen LogP contribution in [-0.4, -0.2) is 53.1 Å². The molecule has 0 aromatic heterocycles. The molecule has 0 aromatic rings. The molecule has 3 atom stereocenters. The zero-order valence-corrected chi connectivity index (χ0v) is 11.5. The third-order valence-electron chi connectivity index (χ3n) is 3.91. The van der Waals surface area contributed by atoms with Crippen LogP contribution in [0.1, 0.15) is 26.2 Å². The Bertz CT molecular complexity index is 351. The van der Waals surface area contributed by atoms with Crippen LogP contribution in [0.5, 0.6) is 0 Å². The first-order valence-electron chi connectivity index (χ1n) is 6.81. The van der Waals surface area contributed by atoms with Crippen LogP contribution in [0, 0.1) is 17.8 Å². The number of aliphatic hydroxyl groups is 1. The lowest BCUT2D eigenvalue weighted by molar-refractivity contribution is -0.150. The van der Waals surface area contributed by atoms with Gasteiger partial charge in [-0.1, -0.05) is 13.3 Å². The van der Waals surface area contributed by atoms with Gasteiger partial charge in [0.05, 0.1) is 25.0 Å².